The molecule has 4 aromatic rings. The minimum atomic E-state index is 1.09. The maximum absolute atomic E-state index is 2.39. The van der Waals surface area contributed by atoms with Gasteiger partial charge < -0.3 is 0 Å². The fourth-order valence-electron chi connectivity index (χ4n) is 5.12. The molecular weight excluding hydrogens is 573 g/mol. The van der Waals surface area contributed by atoms with Crippen molar-refractivity contribution in [3.8, 4) is 0 Å². The Balaban J connectivity index is 0.999. The van der Waals surface area contributed by atoms with Crippen LogP contribution in [0.2, 0.25) is 0 Å². The second-order valence-electron chi connectivity index (χ2n) is 11.6. The van der Waals surface area contributed by atoms with Gasteiger partial charge in [0.25, 0.3) is 0 Å². The van der Waals surface area contributed by atoms with Gasteiger partial charge in [-0.2, -0.15) is 9.13 Å². The van der Waals surface area contributed by atoms with Gasteiger partial charge in [0.05, 0.1) is 0 Å². The zero-order valence-electron chi connectivity index (χ0n) is 26.7. The van der Waals surface area contributed by atoms with E-state index >= 15 is 0 Å². The molecule has 0 unspecified atom stereocenters. The van der Waals surface area contributed by atoms with Gasteiger partial charge >= 0.3 is 0 Å². The van der Waals surface area contributed by atoms with Gasteiger partial charge in [-0.25, -0.2) is 0 Å². The Hall–Kier alpha value is -3.08. The van der Waals surface area contributed by atoms with Crippen LogP contribution < -0.4 is 9.13 Å². The topological polar surface area (TPSA) is 7.76 Å². The molecule has 0 bridgehead atoms. The van der Waals surface area contributed by atoms with Gasteiger partial charge in [-0.1, -0.05) is 94.1 Å². The van der Waals surface area contributed by atoms with Crippen molar-refractivity contribution in [3.63, 3.8) is 0 Å². The molecule has 2 nitrogen and oxygen atoms in total. The Kier molecular flexibility index (Phi) is 15.4. The highest BCUT2D eigenvalue weighted by atomic mass is 33.1. The summed E-state index contributed by atoms with van der Waals surface area (Å²) in [6, 6.07) is 30.4. The summed E-state index contributed by atoms with van der Waals surface area (Å²) >= 11 is 0. The highest BCUT2D eigenvalue weighted by Gasteiger charge is 2.07. The van der Waals surface area contributed by atoms with E-state index in [-0.39, 0.29) is 0 Å². The van der Waals surface area contributed by atoms with E-state index in [2.05, 4.69) is 166 Å². The third kappa shape index (κ3) is 12.9. The molecule has 0 radical (unpaired) electrons. The summed E-state index contributed by atoms with van der Waals surface area (Å²) < 4.78 is 4.77. The van der Waals surface area contributed by atoms with Crippen LogP contribution in [0.4, 0.5) is 0 Å². The van der Waals surface area contributed by atoms with Gasteiger partial charge in [0.15, 0.2) is 12.4 Å². The quantitative estimate of drug-likeness (QED) is 0.0584. The van der Waals surface area contributed by atoms with E-state index in [1.807, 2.05) is 0 Å². The summed E-state index contributed by atoms with van der Waals surface area (Å²) in [4.78, 5) is 0. The molecule has 0 N–H and O–H groups in total. The molecule has 0 atom stereocenters. The van der Waals surface area contributed by atoms with Gasteiger partial charge in [-0.15, -0.1) is 0 Å². The molecule has 4 rings (SSSR count). The largest absolute Gasteiger partial charge is 0.205 e. The monoisotopic (exact) mass is 622 g/mol. The number of unbranched alkanes of at least 4 members (excludes halogenated alkanes) is 6. The van der Waals surface area contributed by atoms with Gasteiger partial charge in [-0.05, 0) is 74.9 Å². The van der Waals surface area contributed by atoms with E-state index in [0.717, 1.165) is 13.1 Å². The van der Waals surface area contributed by atoms with E-state index in [1.54, 1.807) is 0 Å². The van der Waals surface area contributed by atoms with E-state index in [9.17, 15) is 0 Å². The SMILES string of the molecule is Cc1ccc(/C=C/c2cccc[n+]2CCCCCCSSCCCCCC[n+]2ccccc2/C=C/c2ccc(C)cc2)cc1. The van der Waals surface area contributed by atoms with Crippen molar-refractivity contribution in [2.75, 3.05) is 11.5 Å². The lowest BCUT2D eigenvalue weighted by molar-refractivity contribution is -0.699. The lowest BCUT2D eigenvalue weighted by atomic mass is 10.1. The molecule has 0 aliphatic rings. The molecule has 0 amide bonds. The Morgan fingerprint density at radius 2 is 0.864 bits per heavy atom. The fraction of sp³-hybridized carbons (Fsp3) is 0.350. The smallest absolute Gasteiger partial charge is 0.199 e. The van der Waals surface area contributed by atoms with Crippen LogP contribution in [0.1, 0.15) is 85.0 Å². The van der Waals surface area contributed by atoms with E-state index in [0.29, 0.717) is 0 Å². The first-order valence-corrected chi connectivity index (χ1v) is 18.9. The molecule has 0 fully saturated rings. The van der Waals surface area contributed by atoms with Crippen LogP contribution in [0.5, 0.6) is 0 Å². The summed E-state index contributed by atoms with van der Waals surface area (Å²) in [6.07, 6.45) is 23.7. The molecule has 0 aliphatic heterocycles. The highest BCUT2D eigenvalue weighted by Crippen LogP contribution is 2.24. The lowest BCUT2D eigenvalue weighted by Crippen LogP contribution is -2.36. The van der Waals surface area contributed by atoms with Crippen LogP contribution >= 0.6 is 21.6 Å². The van der Waals surface area contributed by atoms with Crippen LogP contribution in [-0.4, -0.2) is 11.5 Å². The van der Waals surface area contributed by atoms with Crippen molar-refractivity contribution in [3.05, 3.63) is 131 Å². The van der Waals surface area contributed by atoms with Crippen molar-refractivity contribution in [2.24, 2.45) is 0 Å². The van der Waals surface area contributed by atoms with Crippen molar-refractivity contribution in [1.82, 2.24) is 0 Å². The van der Waals surface area contributed by atoms with Gasteiger partial charge in [0, 0.05) is 60.8 Å². The Labute approximate surface area is 274 Å². The average Bonchev–Trinajstić information content (AvgIpc) is 3.05. The summed E-state index contributed by atoms with van der Waals surface area (Å²) in [6.45, 7) is 6.44. The standard InChI is InChI=1S/C40H50N2S2/c1-35-17-21-37(22-18-35)25-27-39-15-7-11-31-41(39)29-9-3-5-13-33-43-44-34-14-6-4-10-30-42-32-12-8-16-40(42)28-26-38-23-19-36(2)20-24-38/h7-8,11-12,15-28,31-32H,3-6,9-10,13-14,29-30,33-34H2,1-2H3/q+2/b27-25+,28-26+. The number of hydrogen-bond donors (Lipinski definition) is 0. The molecule has 2 heterocycles. The maximum Gasteiger partial charge on any atom is 0.205 e. The second-order valence-corrected chi connectivity index (χ2v) is 14.3. The molecule has 0 saturated heterocycles. The Morgan fingerprint density at radius 1 is 0.455 bits per heavy atom. The molecule has 230 valence electrons. The van der Waals surface area contributed by atoms with E-state index in [4.69, 9.17) is 0 Å². The van der Waals surface area contributed by atoms with Crippen LogP contribution in [0.15, 0.2) is 97.3 Å². The fourth-order valence-corrected chi connectivity index (χ4v) is 7.41. The molecule has 0 spiro atoms. The normalized spacial score (nSPS) is 11.6. The maximum atomic E-state index is 2.39. The first-order chi connectivity index (χ1) is 21.7. The van der Waals surface area contributed by atoms with Crippen LogP contribution in [0.3, 0.4) is 0 Å². The number of rotatable bonds is 19. The van der Waals surface area contributed by atoms with Gasteiger partial charge in [0.1, 0.15) is 13.1 Å². The first kappa shape index (κ1) is 33.8. The lowest BCUT2D eigenvalue weighted by Gasteiger charge is -2.04. The minimum absolute atomic E-state index is 1.09. The third-order valence-electron chi connectivity index (χ3n) is 7.84. The number of benzene rings is 2. The average molecular weight is 623 g/mol. The van der Waals surface area contributed by atoms with Crippen molar-refractivity contribution in [1.29, 1.82) is 0 Å². The van der Waals surface area contributed by atoms with Gasteiger partial charge in [-0.3, -0.25) is 0 Å². The number of aryl methyl sites for hydroxylation is 4. The third-order valence-corrected chi connectivity index (χ3v) is 10.4. The van der Waals surface area contributed by atoms with Crippen LogP contribution in [-0.2, 0) is 13.1 Å². The van der Waals surface area contributed by atoms with Crippen molar-refractivity contribution in [2.45, 2.75) is 78.3 Å². The zero-order chi connectivity index (χ0) is 30.7. The molecular formula is C40H50N2S2+2. The van der Waals surface area contributed by atoms with E-state index in [1.165, 1.54) is 96.5 Å². The highest BCUT2D eigenvalue weighted by molar-refractivity contribution is 8.76. The second kappa shape index (κ2) is 20.0. The predicted molar refractivity (Wildman–Crippen MR) is 195 cm³/mol. The minimum Gasteiger partial charge on any atom is -0.199 e. The molecule has 4 heteroatoms. The van der Waals surface area contributed by atoms with Gasteiger partial charge in [0.2, 0.25) is 11.4 Å². The van der Waals surface area contributed by atoms with E-state index < -0.39 is 0 Å². The Bertz CT molecular complexity index is 1310. The zero-order valence-corrected chi connectivity index (χ0v) is 28.4. The number of nitrogens with zero attached hydrogens (tertiary/aromatic N) is 2. The summed E-state index contributed by atoms with van der Waals surface area (Å²) in [5, 5.41) is 0. The molecule has 44 heavy (non-hydrogen) atoms. The summed E-state index contributed by atoms with van der Waals surface area (Å²) in [7, 11) is 4.15. The molecule has 0 saturated carbocycles. The van der Waals surface area contributed by atoms with Crippen LogP contribution in [0.25, 0.3) is 24.3 Å². The first-order valence-electron chi connectivity index (χ1n) is 16.4. The number of aromatic nitrogens is 2. The molecule has 2 aromatic carbocycles. The van der Waals surface area contributed by atoms with Crippen molar-refractivity contribution >= 4 is 45.9 Å². The molecule has 2 aromatic heterocycles. The predicted octanol–water partition coefficient (Wildman–Crippen LogP) is 10.4. The number of pyridine rings is 2. The molecule has 0 aliphatic carbocycles. The van der Waals surface area contributed by atoms with Crippen LogP contribution in [0, 0.1) is 13.8 Å². The summed E-state index contributed by atoms with van der Waals surface area (Å²) in [5.74, 6) is 2.55. The van der Waals surface area contributed by atoms with Crippen molar-refractivity contribution < 1.29 is 9.13 Å². The number of hydrogen-bond acceptors (Lipinski definition) is 2. The summed E-state index contributed by atoms with van der Waals surface area (Å²) in [5.41, 5.74) is 7.65. The Morgan fingerprint density at radius 3 is 1.30 bits per heavy atom.